The molecule has 162 valence electrons. The molecule has 0 bridgehead atoms. The zero-order valence-electron chi connectivity index (χ0n) is 17.3. The Morgan fingerprint density at radius 2 is 1.87 bits per heavy atom. The lowest BCUT2D eigenvalue weighted by molar-refractivity contribution is -0.120. The van der Waals surface area contributed by atoms with Gasteiger partial charge in [0.2, 0.25) is 15.9 Å². The molecule has 0 aliphatic carbocycles. The molecule has 0 aromatic heterocycles. The van der Waals surface area contributed by atoms with Gasteiger partial charge in [-0.1, -0.05) is 18.2 Å². The third-order valence-electron chi connectivity index (χ3n) is 4.78. The van der Waals surface area contributed by atoms with Gasteiger partial charge in [-0.3, -0.25) is 9.10 Å². The Balaban J connectivity index is 1.81. The number of ether oxygens (including phenoxy) is 3. The van der Waals surface area contributed by atoms with Crippen molar-refractivity contribution < 1.29 is 27.4 Å². The van der Waals surface area contributed by atoms with Crippen LogP contribution in [0.5, 0.6) is 17.2 Å². The van der Waals surface area contributed by atoms with E-state index >= 15 is 0 Å². The standard InChI is InChI=1S/C21H26N2O6S/c1-4-30(25,26)23(16-9-10-19-20(13-16)29-12-11-28-19)14-21(24)22-15(2)17-7-5-6-8-18(17)27-3/h5-10,13,15H,4,11-12,14H2,1-3H3,(H,22,24)/t15-/m0/s1. The number of nitrogens with zero attached hydrogens (tertiary/aromatic N) is 1. The van der Waals surface area contributed by atoms with Crippen molar-refractivity contribution >= 4 is 21.6 Å². The highest BCUT2D eigenvalue weighted by Gasteiger charge is 2.26. The highest BCUT2D eigenvalue weighted by atomic mass is 32.2. The molecule has 2 aromatic rings. The van der Waals surface area contributed by atoms with Gasteiger partial charge in [-0.05, 0) is 32.0 Å². The lowest BCUT2D eigenvalue weighted by Gasteiger charge is -2.26. The molecule has 8 nitrogen and oxygen atoms in total. The second-order valence-electron chi connectivity index (χ2n) is 6.77. The summed E-state index contributed by atoms with van der Waals surface area (Å²) in [7, 11) is -2.14. The van der Waals surface area contributed by atoms with E-state index in [0.717, 1.165) is 9.87 Å². The largest absolute Gasteiger partial charge is 0.496 e. The van der Waals surface area contributed by atoms with Crippen LogP contribution in [-0.4, -0.2) is 46.9 Å². The molecule has 0 saturated heterocycles. The number of fused-ring (bicyclic) bond motifs is 1. The molecule has 1 aliphatic heterocycles. The maximum Gasteiger partial charge on any atom is 0.241 e. The minimum absolute atomic E-state index is 0.142. The molecule has 1 aliphatic rings. The van der Waals surface area contributed by atoms with Crippen molar-refractivity contribution in [2.45, 2.75) is 19.9 Å². The van der Waals surface area contributed by atoms with E-state index in [1.807, 2.05) is 25.1 Å². The summed E-state index contributed by atoms with van der Waals surface area (Å²) in [6.07, 6.45) is 0. The molecule has 2 aromatic carbocycles. The van der Waals surface area contributed by atoms with Crippen molar-refractivity contribution in [3.63, 3.8) is 0 Å². The molecular formula is C21H26N2O6S. The lowest BCUT2D eigenvalue weighted by atomic mass is 10.1. The number of amides is 1. The van der Waals surface area contributed by atoms with Crippen LogP contribution in [0.15, 0.2) is 42.5 Å². The smallest absolute Gasteiger partial charge is 0.241 e. The summed E-state index contributed by atoms with van der Waals surface area (Å²) in [5.41, 5.74) is 1.15. The predicted molar refractivity (Wildman–Crippen MR) is 114 cm³/mol. The maximum absolute atomic E-state index is 12.7. The summed E-state index contributed by atoms with van der Waals surface area (Å²) in [6, 6.07) is 11.8. The van der Waals surface area contributed by atoms with Crippen LogP contribution < -0.4 is 23.8 Å². The van der Waals surface area contributed by atoms with Gasteiger partial charge in [-0.25, -0.2) is 8.42 Å². The SMILES string of the molecule is CCS(=O)(=O)N(CC(=O)N[C@@H](C)c1ccccc1OC)c1ccc2c(c1)OCCO2. The van der Waals surface area contributed by atoms with E-state index in [1.165, 1.54) is 6.92 Å². The summed E-state index contributed by atoms with van der Waals surface area (Å²) in [5.74, 6) is 1.08. The topological polar surface area (TPSA) is 94.2 Å². The van der Waals surface area contributed by atoms with Gasteiger partial charge in [0.1, 0.15) is 25.5 Å². The Labute approximate surface area is 176 Å². The monoisotopic (exact) mass is 434 g/mol. The molecule has 9 heteroatoms. The predicted octanol–water partition coefficient (Wildman–Crippen LogP) is 2.50. The van der Waals surface area contributed by atoms with Gasteiger partial charge in [0, 0.05) is 11.6 Å². The Kier molecular flexibility index (Phi) is 6.71. The van der Waals surface area contributed by atoms with Crippen LogP contribution in [0.1, 0.15) is 25.5 Å². The third kappa shape index (κ3) is 4.79. The van der Waals surface area contributed by atoms with Gasteiger partial charge in [-0.2, -0.15) is 0 Å². The van der Waals surface area contributed by atoms with Crippen LogP contribution in [0.25, 0.3) is 0 Å². The van der Waals surface area contributed by atoms with Crippen molar-refractivity contribution in [3.05, 3.63) is 48.0 Å². The highest BCUT2D eigenvalue weighted by molar-refractivity contribution is 7.92. The van der Waals surface area contributed by atoms with Crippen LogP contribution >= 0.6 is 0 Å². The maximum atomic E-state index is 12.7. The Bertz CT molecular complexity index is 1010. The van der Waals surface area contributed by atoms with Crippen LogP contribution in [0.3, 0.4) is 0 Å². The summed E-state index contributed by atoms with van der Waals surface area (Å²) in [5, 5.41) is 2.85. The van der Waals surface area contributed by atoms with Gasteiger partial charge >= 0.3 is 0 Å². The van der Waals surface area contributed by atoms with Crippen molar-refractivity contribution in [1.29, 1.82) is 0 Å². The van der Waals surface area contributed by atoms with Crippen LogP contribution in [0.2, 0.25) is 0 Å². The van der Waals surface area contributed by atoms with Crippen LogP contribution in [0, 0.1) is 0 Å². The van der Waals surface area contributed by atoms with Crippen LogP contribution in [0.4, 0.5) is 5.69 Å². The number of rotatable bonds is 8. The van der Waals surface area contributed by atoms with Crippen molar-refractivity contribution in [3.8, 4) is 17.2 Å². The van der Waals surface area contributed by atoms with Crippen LogP contribution in [-0.2, 0) is 14.8 Å². The fraction of sp³-hybridized carbons (Fsp3) is 0.381. The molecule has 0 radical (unpaired) electrons. The lowest BCUT2D eigenvalue weighted by Crippen LogP contribution is -2.42. The number of nitrogens with one attached hydrogen (secondary N) is 1. The first-order chi connectivity index (χ1) is 14.4. The second-order valence-corrected chi connectivity index (χ2v) is 8.95. The molecular weight excluding hydrogens is 408 g/mol. The number of benzene rings is 2. The molecule has 1 N–H and O–H groups in total. The number of sulfonamides is 1. The van der Waals surface area contributed by atoms with E-state index in [2.05, 4.69) is 5.32 Å². The summed E-state index contributed by atoms with van der Waals surface area (Å²) in [4.78, 5) is 12.7. The fourth-order valence-electron chi connectivity index (χ4n) is 3.21. The van der Waals surface area contributed by atoms with E-state index in [4.69, 9.17) is 14.2 Å². The first kappa shape index (κ1) is 21.8. The number of para-hydroxylation sites is 1. The molecule has 0 fully saturated rings. The van der Waals surface area contributed by atoms with E-state index in [-0.39, 0.29) is 18.3 Å². The normalized spacial score (nSPS) is 14.0. The minimum Gasteiger partial charge on any atom is -0.496 e. The molecule has 3 rings (SSSR count). The molecule has 0 spiro atoms. The molecule has 1 atom stereocenters. The van der Waals surface area contributed by atoms with Gasteiger partial charge in [0.25, 0.3) is 0 Å². The highest BCUT2D eigenvalue weighted by Crippen LogP contribution is 2.35. The Hall–Kier alpha value is -2.94. The Morgan fingerprint density at radius 1 is 1.17 bits per heavy atom. The van der Waals surface area contributed by atoms with E-state index < -0.39 is 15.9 Å². The quantitative estimate of drug-likeness (QED) is 0.686. The third-order valence-corrected chi connectivity index (χ3v) is 6.53. The average molecular weight is 435 g/mol. The number of methoxy groups -OCH3 is 1. The van der Waals surface area contributed by atoms with Crippen molar-refractivity contribution in [2.75, 3.05) is 36.9 Å². The first-order valence-corrected chi connectivity index (χ1v) is 11.3. The number of hydrogen-bond donors (Lipinski definition) is 1. The van der Waals surface area contributed by atoms with Gasteiger partial charge in [-0.15, -0.1) is 0 Å². The van der Waals surface area contributed by atoms with Gasteiger partial charge < -0.3 is 19.5 Å². The zero-order chi connectivity index (χ0) is 21.7. The number of anilines is 1. The first-order valence-electron chi connectivity index (χ1n) is 9.68. The van der Waals surface area contributed by atoms with Crippen molar-refractivity contribution in [2.24, 2.45) is 0 Å². The zero-order valence-corrected chi connectivity index (χ0v) is 18.1. The number of hydrogen-bond acceptors (Lipinski definition) is 6. The molecule has 1 heterocycles. The molecule has 0 saturated carbocycles. The molecule has 1 amide bonds. The van der Waals surface area contributed by atoms with Gasteiger partial charge in [0.15, 0.2) is 11.5 Å². The fourth-order valence-corrected chi connectivity index (χ4v) is 4.27. The van der Waals surface area contributed by atoms with E-state index in [9.17, 15) is 13.2 Å². The second kappa shape index (κ2) is 9.25. The molecule has 30 heavy (non-hydrogen) atoms. The molecule has 0 unspecified atom stereocenters. The number of carbonyl (C=O) groups is 1. The summed E-state index contributed by atoms with van der Waals surface area (Å²) >= 11 is 0. The Morgan fingerprint density at radius 3 is 2.57 bits per heavy atom. The van der Waals surface area contributed by atoms with Gasteiger partial charge in [0.05, 0.1) is 24.6 Å². The summed E-state index contributed by atoms with van der Waals surface area (Å²) < 4.78 is 42.9. The number of carbonyl (C=O) groups excluding carboxylic acids is 1. The summed E-state index contributed by atoms with van der Waals surface area (Å²) in [6.45, 7) is 3.82. The van der Waals surface area contributed by atoms with Crippen molar-refractivity contribution in [1.82, 2.24) is 5.32 Å². The average Bonchev–Trinajstić information content (AvgIpc) is 2.76. The van der Waals surface area contributed by atoms with E-state index in [1.54, 1.807) is 31.4 Å². The minimum atomic E-state index is -3.70. The van der Waals surface area contributed by atoms with E-state index in [0.29, 0.717) is 36.1 Å².